The molecule has 11 aromatic carbocycles. The lowest BCUT2D eigenvalue weighted by atomic mass is 9.84. The van der Waals surface area contributed by atoms with Gasteiger partial charge in [-0.25, -0.2) is 4.98 Å². The Morgan fingerprint density at radius 3 is 1.32 bits per heavy atom. The van der Waals surface area contributed by atoms with E-state index in [1.165, 1.54) is 104 Å². The molecule has 0 saturated heterocycles. The predicted octanol–water partition coefficient (Wildman–Crippen LogP) is 16.8. The van der Waals surface area contributed by atoms with E-state index in [1.807, 2.05) is 0 Å². The van der Waals surface area contributed by atoms with Gasteiger partial charge in [-0.3, -0.25) is 0 Å². The summed E-state index contributed by atoms with van der Waals surface area (Å²) in [4.78, 5) is 5.27. The first-order valence-electron chi connectivity index (χ1n) is 21.4. The van der Waals surface area contributed by atoms with Gasteiger partial charge < -0.3 is 0 Å². The van der Waals surface area contributed by atoms with Gasteiger partial charge in [0.15, 0.2) is 0 Å². The Labute approximate surface area is 360 Å². The van der Waals surface area contributed by atoms with Gasteiger partial charge in [-0.15, -0.1) is 0 Å². The molecule has 12 aromatic rings. The van der Waals surface area contributed by atoms with E-state index in [9.17, 15) is 0 Å². The Bertz CT molecular complexity index is 3650. The molecular weight excluding hydrogens is 747 g/mol. The first kappa shape index (κ1) is 35.8. The van der Waals surface area contributed by atoms with Gasteiger partial charge in [-0.2, -0.15) is 0 Å². The summed E-state index contributed by atoms with van der Waals surface area (Å²) >= 11 is 0. The number of rotatable bonds is 6. The maximum Gasteiger partial charge on any atom is 0.0722 e. The van der Waals surface area contributed by atoms with Gasteiger partial charge in [-0.1, -0.05) is 218 Å². The Morgan fingerprint density at radius 2 is 0.694 bits per heavy atom. The van der Waals surface area contributed by atoms with E-state index in [1.54, 1.807) is 0 Å². The Balaban J connectivity index is 0.988. The van der Waals surface area contributed by atoms with Gasteiger partial charge in [0.2, 0.25) is 0 Å². The lowest BCUT2D eigenvalue weighted by Crippen LogP contribution is -1.92. The van der Waals surface area contributed by atoms with E-state index in [0.717, 1.165) is 16.8 Å². The maximum absolute atomic E-state index is 5.27. The largest absolute Gasteiger partial charge is 0.248 e. The van der Waals surface area contributed by atoms with Crippen LogP contribution in [0.1, 0.15) is 0 Å². The molecule has 0 fully saturated rings. The van der Waals surface area contributed by atoms with Crippen molar-refractivity contribution in [3.05, 3.63) is 237 Å². The van der Waals surface area contributed by atoms with Crippen LogP contribution < -0.4 is 0 Å². The molecule has 1 nitrogen and oxygen atoms in total. The van der Waals surface area contributed by atoms with Crippen molar-refractivity contribution >= 4 is 54.0 Å². The SMILES string of the molecule is c1ccc(-c2c3ccccc3c(-c3ccccc3)c3cc(-c4ccc(-c5ccc(-c6cc(-c7ccccc7)c7c(ccc8ccccc87)n6)cc5)c5ccccc45)ccc23)cc1. The van der Waals surface area contributed by atoms with E-state index in [0.29, 0.717) is 0 Å². The molecule has 0 atom stereocenters. The molecule has 0 aliphatic carbocycles. The molecule has 0 unspecified atom stereocenters. The van der Waals surface area contributed by atoms with Crippen LogP contribution in [-0.2, 0) is 0 Å². The number of hydrogen-bond acceptors (Lipinski definition) is 1. The van der Waals surface area contributed by atoms with Crippen LogP contribution >= 0.6 is 0 Å². The summed E-state index contributed by atoms with van der Waals surface area (Å²) in [5, 5.41) is 11.1. The summed E-state index contributed by atoms with van der Waals surface area (Å²) in [6, 6.07) is 86.0. The van der Waals surface area contributed by atoms with Gasteiger partial charge in [-0.05, 0) is 117 Å². The number of hydrogen-bond donors (Lipinski definition) is 0. The van der Waals surface area contributed by atoms with Crippen molar-refractivity contribution in [1.29, 1.82) is 0 Å². The molecule has 0 aliphatic heterocycles. The predicted molar refractivity (Wildman–Crippen MR) is 264 cm³/mol. The van der Waals surface area contributed by atoms with Crippen LogP contribution in [0.2, 0.25) is 0 Å². The van der Waals surface area contributed by atoms with Crippen LogP contribution in [0.3, 0.4) is 0 Å². The van der Waals surface area contributed by atoms with E-state index < -0.39 is 0 Å². The van der Waals surface area contributed by atoms with Crippen molar-refractivity contribution in [2.24, 2.45) is 0 Å². The second-order valence-electron chi connectivity index (χ2n) is 16.2. The molecule has 0 N–H and O–H groups in total. The van der Waals surface area contributed by atoms with Crippen molar-refractivity contribution in [1.82, 2.24) is 4.98 Å². The van der Waals surface area contributed by atoms with Gasteiger partial charge in [0.25, 0.3) is 0 Å². The molecule has 12 rings (SSSR count). The minimum atomic E-state index is 0.966. The highest BCUT2D eigenvalue weighted by molar-refractivity contribution is 6.22. The van der Waals surface area contributed by atoms with Crippen LogP contribution in [0, 0.1) is 0 Å². The van der Waals surface area contributed by atoms with Crippen LogP contribution in [0.15, 0.2) is 237 Å². The fourth-order valence-corrected chi connectivity index (χ4v) is 9.80. The van der Waals surface area contributed by atoms with Crippen LogP contribution in [0.5, 0.6) is 0 Å². The monoisotopic (exact) mass is 785 g/mol. The Hall–Kier alpha value is -8.13. The molecule has 0 saturated carbocycles. The number of fused-ring (bicyclic) bond motifs is 6. The molecule has 1 heteroatoms. The molecule has 0 radical (unpaired) electrons. The number of aromatic nitrogens is 1. The van der Waals surface area contributed by atoms with E-state index in [2.05, 4.69) is 237 Å². The highest BCUT2D eigenvalue weighted by atomic mass is 14.7. The average molecular weight is 786 g/mol. The summed E-state index contributed by atoms with van der Waals surface area (Å²) in [6.45, 7) is 0. The molecule has 0 spiro atoms. The summed E-state index contributed by atoms with van der Waals surface area (Å²) in [7, 11) is 0. The van der Waals surface area contributed by atoms with Gasteiger partial charge in [0.1, 0.15) is 0 Å². The number of pyridine rings is 1. The molecule has 0 aliphatic rings. The molecule has 62 heavy (non-hydrogen) atoms. The number of benzene rings is 11. The molecule has 1 aromatic heterocycles. The van der Waals surface area contributed by atoms with Crippen molar-refractivity contribution in [3.8, 4) is 66.9 Å². The third-order valence-corrected chi connectivity index (χ3v) is 12.7. The normalized spacial score (nSPS) is 11.5. The van der Waals surface area contributed by atoms with Gasteiger partial charge in [0.05, 0.1) is 11.2 Å². The third kappa shape index (κ3) is 5.98. The zero-order valence-electron chi connectivity index (χ0n) is 34.0. The lowest BCUT2D eigenvalue weighted by Gasteiger charge is -2.19. The zero-order chi connectivity index (χ0) is 41.0. The van der Waals surface area contributed by atoms with Crippen molar-refractivity contribution in [2.45, 2.75) is 0 Å². The molecular formula is C61H39N. The minimum Gasteiger partial charge on any atom is -0.248 e. The van der Waals surface area contributed by atoms with Crippen LogP contribution in [0.25, 0.3) is 121 Å². The summed E-state index contributed by atoms with van der Waals surface area (Å²) in [5.74, 6) is 0. The Morgan fingerprint density at radius 1 is 0.242 bits per heavy atom. The summed E-state index contributed by atoms with van der Waals surface area (Å²) in [5.41, 5.74) is 15.2. The van der Waals surface area contributed by atoms with Crippen LogP contribution in [-0.4, -0.2) is 4.98 Å². The van der Waals surface area contributed by atoms with Crippen molar-refractivity contribution < 1.29 is 0 Å². The topological polar surface area (TPSA) is 12.9 Å². The minimum absolute atomic E-state index is 0.966. The lowest BCUT2D eigenvalue weighted by molar-refractivity contribution is 1.40. The quantitative estimate of drug-likeness (QED) is 0.121. The Kier molecular flexibility index (Phi) is 8.57. The van der Waals surface area contributed by atoms with Gasteiger partial charge >= 0.3 is 0 Å². The second-order valence-corrected chi connectivity index (χ2v) is 16.2. The smallest absolute Gasteiger partial charge is 0.0722 e. The average Bonchev–Trinajstić information content (AvgIpc) is 3.35. The molecule has 0 amide bonds. The fourth-order valence-electron chi connectivity index (χ4n) is 9.80. The highest BCUT2D eigenvalue weighted by Crippen LogP contribution is 2.46. The fraction of sp³-hybridized carbons (Fsp3) is 0. The first-order chi connectivity index (χ1) is 30.8. The van der Waals surface area contributed by atoms with E-state index >= 15 is 0 Å². The standard InChI is InChI=1S/C61H39N/c1-4-16-40(17-5-1)55-39-58(62-57-37-33-41-18-10-11-23-49(41)61(55)57)43-30-28-42(29-31-43)47-35-36-48(51-25-13-12-24-50(47)51)46-32-34-54-56(38-46)60(45-21-8-3-9-22-45)53-27-15-14-26-52(53)59(54)44-19-6-2-7-20-44/h1-39H. The molecule has 288 valence electrons. The van der Waals surface area contributed by atoms with Crippen LogP contribution in [0.4, 0.5) is 0 Å². The first-order valence-corrected chi connectivity index (χ1v) is 21.4. The van der Waals surface area contributed by atoms with Crippen molar-refractivity contribution in [3.63, 3.8) is 0 Å². The zero-order valence-corrected chi connectivity index (χ0v) is 34.0. The highest BCUT2D eigenvalue weighted by Gasteiger charge is 2.19. The summed E-state index contributed by atoms with van der Waals surface area (Å²) in [6.07, 6.45) is 0. The molecule has 0 bridgehead atoms. The summed E-state index contributed by atoms with van der Waals surface area (Å²) < 4.78 is 0. The third-order valence-electron chi connectivity index (χ3n) is 12.7. The van der Waals surface area contributed by atoms with Crippen molar-refractivity contribution in [2.75, 3.05) is 0 Å². The second kappa shape index (κ2) is 14.9. The number of nitrogens with zero attached hydrogens (tertiary/aromatic N) is 1. The van der Waals surface area contributed by atoms with Gasteiger partial charge in [0, 0.05) is 10.9 Å². The van der Waals surface area contributed by atoms with E-state index in [-0.39, 0.29) is 0 Å². The molecule has 1 heterocycles. The maximum atomic E-state index is 5.27. The van der Waals surface area contributed by atoms with E-state index in [4.69, 9.17) is 4.98 Å².